The fourth-order valence-corrected chi connectivity index (χ4v) is 3.44. The number of amides is 2. The van der Waals surface area contributed by atoms with Crippen LogP contribution in [0, 0.1) is 0 Å². The topological polar surface area (TPSA) is 61.4 Å². The van der Waals surface area contributed by atoms with Crippen LogP contribution >= 0.6 is 23.2 Å². The Morgan fingerprint density at radius 2 is 1.38 bits per heavy atom. The SMILES string of the molecule is O=C(CC(=O)Nc1cc(Cl)cc(Cl)c1)Nc1ccc(N2CCCC2)cc1. The molecule has 1 saturated heterocycles. The summed E-state index contributed by atoms with van der Waals surface area (Å²) in [7, 11) is 0. The van der Waals surface area contributed by atoms with E-state index in [0.29, 0.717) is 21.4 Å². The number of anilines is 3. The molecule has 2 amide bonds. The van der Waals surface area contributed by atoms with Crippen LogP contribution in [-0.4, -0.2) is 24.9 Å². The maximum atomic E-state index is 12.1. The molecule has 2 N–H and O–H groups in total. The average Bonchev–Trinajstić information content (AvgIpc) is 3.08. The van der Waals surface area contributed by atoms with Gasteiger partial charge < -0.3 is 15.5 Å². The molecule has 7 heteroatoms. The summed E-state index contributed by atoms with van der Waals surface area (Å²) in [5, 5.41) is 6.16. The Labute approximate surface area is 162 Å². The predicted octanol–water partition coefficient (Wildman–Crippen LogP) is 4.56. The molecule has 1 aliphatic heterocycles. The molecule has 0 radical (unpaired) electrons. The molecular formula is C19H19Cl2N3O2. The summed E-state index contributed by atoms with van der Waals surface area (Å²) < 4.78 is 0. The number of carbonyl (C=O) groups is 2. The molecule has 26 heavy (non-hydrogen) atoms. The predicted molar refractivity (Wildman–Crippen MR) is 106 cm³/mol. The quantitative estimate of drug-likeness (QED) is 0.734. The van der Waals surface area contributed by atoms with Crippen LogP contribution in [0.3, 0.4) is 0 Å². The van der Waals surface area contributed by atoms with E-state index >= 15 is 0 Å². The molecule has 136 valence electrons. The molecule has 0 spiro atoms. The maximum Gasteiger partial charge on any atom is 0.233 e. The zero-order valence-electron chi connectivity index (χ0n) is 14.1. The average molecular weight is 392 g/mol. The Balaban J connectivity index is 1.52. The number of carbonyl (C=O) groups excluding carboxylic acids is 2. The number of rotatable bonds is 5. The minimum atomic E-state index is -0.436. The van der Waals surface area contributed by atoms with Gasteiger partial charge in [-0.15, -0.1) is 0 Å². The molecule has 1 aliphatic rings. The molecule has 0 unspecified atom stereocenters. The first-order chi connectivity index (χ1) is 12.5. The highest BCUT2D eigenvalue weighted by molar-refractivity contribution is 6.35. The van der Waals surface area contributed by atoms with Crippen molar-refractivity contribution in [1.29, 1.82) is 0 Å². The molecule has 2 aromatic carbocycles. The third-order valence-corrected chi connectivity index (χ3v) is 4.53. The zero-order valence-corrected chi connectivity index (χ0v) is 15.6. The number of hydrogen-bond acceptors (Lipinski definition) is 3. The zero-order chi connectivity index (χ0) is 18.5. The highest BCUT2D eigenvalue weighted by Gasteiger charge is 2.13. The highest BCUT2D eigenvalue weighted by atomic mass is 35.5. The third-order valence-electron chi connectivity index (χ3n) is 4.09. The van der Waals surface area contributed by atoms with Gasteiger partial charge in [-0.3, -0.25) is 9.59 Å². The second-order valence-corrected chi connectivity index (χ2v) is 7.05. The van der Waals surface area contributed by atoms with Crippen molar-refractivity contribution >= 4 is 52.1 Å². The molecule has 0 saturated carbocycles. The number of hydrogen-bond donors (Lipinski definition) is 2. The molecular weight excluding hydrogens is 373 g/mol. The summed E-state index contributed by atoms with van der Waals surface area (Å²) in [5.41, 5.74) is 2.27. The Morgan fingerprint density at radius 1 is 0.846 bits per heavy atom. The Kier molecular flexibility index (Phi) is 6.01. The van der Waals surface area contributed by atoms with Crippen molar-refractivity contribution in [3.05, 3.63) is 52.5 Å². The summed E-state index contributed by atoms with van der Waals surface area (Å²) in [5.74, 6) is -0.820. The fourth-order valence-electron chi connectivity index (χ4n) is 2.91. The Bertz CT molecular complexity index is 783. The lowest BCUT2D eigenvalue weighted by Crippen LogP contribution is -2.21. The van der Waals surface area contributed by atoms with Gasteiger partial charge in [-0.2, -0.15) is 0 Å². The highest BCUT2D eigenvalue weighted by Crippen LogP contribution is 2.23. The minimum Gasteiger partial charge on any atom is -0.372 e. The van der Waals surface area contributed by atoms with Crippen LogP contribution in [0.5, 0.6) is 0 Å². The van der Waals surface area contributed by atoms with Crippen molar-refractivity contribution in [2.45, 2.75) is 19.3 Å². The molecule has 2 aromatic rings. The molecule has 1 heterocycles. The first-order valence-electron chi connectivity index (χ1n) is 8.40. The van der Waals surface area contributed by atoms with Crippen LogP contribution in [0.25, 0.3) is 0 Å². The van der Waals surface area contributed by atoms with Crippen molar-refractivity contribution in [2.24, 2.45) is 0 Å². The van der Waals surface area contributed by atoms with Crippen molar-refractivity contribution in [3.8, 4) is 0 Å². The van der Waals surface area contributed by atoms with E-state index in [4.69, 9.17) is 23.2 Å². The van der Waals surface area contributed by atoms with E-state index in [1.165, 1.54) is 12.8 Å². The van der Waals surface area contributed by atoms with Crippen LogP contribution < -0.4 is 15.5 Å². The number of nitrogens with zero attached hydrogens (tertiary/aromatic N) is 1. The third kappa shape index (κ3) is 5.13. The van der Waals surface area contributed by atoms with E-state index in [2.05, 4.69) is 15.5 Å². The molecule has 0 aliphatic carbocycles. The van der Waals surface area contributed by atoms with Gasteiger partial charge in [0.2, 0.25) is 11.8 Å². The van der Waals surface area contributed by atoms with Gasteiger partial charge in [-0.1, -0.05) is 23.2 Å². The van der Waals surface area contributed by atoms with E-state index in [0.717, 1.165) is 18.8 Å². The molecule has 3 rings (SSSR count). The van der Waals surface area contributed by atoms with Crippen LogP contribution in [0.4, 0.5) is 17.1 Å². The first-order valence-corrected chi connectivity index (χ1v) is 9.16. The number of halogens is 2. The number of benzene rings is 2. The van der Waals surface area contributed by atoms with Crippen molar-refractivity contribution in [2.75, 3.05) is 28.6 Å². The van der Waals surface area contributed by atoms with Gasteiger partial charge in [0.15, 0.2) is 0 Å². The summed E-state index contributed by atoms with van der Waals surface area (Å²) in [6.45, 7) is 2.14. The van der Waals surface area contributed by atoms with E-state index < -0.39 is 5.91 Å². The van der Waals surface area contributed by atoms with E-state index in [1.807, 2.05) is 24.3 Å². The molecule has 0 aromatic heterocycles. The molecule has 5 nitrogen and oxygen atoms in total. The van der Waals surface area contributed by atoms with Gasteiger partial charge in [-0.25, -0.2) is 0 Å². The second-order valence-electron chi connectivity index (χ2n) is 6.17. The lowest BCUT2D eigenvalue weighted by atomic mass is 10.2. The minimum absolute atomic E-state index is 0.294. The summed E-state index contributed by atoms with van der Waals surface area (Å²) >= 11 is 11.8. The van der Waals surface area contributed by atoms with Gasteiger partial charge in [0.25, 0.3) is 0 Å². The first kappa shape index (κ1) is 18.5. The largest absolute Gasteiger partial charge is 0.372 e. The molecule has 0 bridgehead atoms. The van der Waals surface area contributed by atoms with Crippen molar-refractivity contribution in [1.82, 2.24) is 0 Å². The summed E-state index contributed by atoms with van der Waals surface area (Å²) in [4.78, 5) is 26.4. The Morgan fingerprint density at radius 3 is 1.96 bits per heavy atom. The monoisotopic (exact) mass is 391 g/mol. The van der Waals surface area contributed by atoms with E-state index in [-0.39, 0.29) is 12.3 Å². The van der Waals surface area contributed by atoms with Crippen LogP contribution in [-0.2, 0) is 9.59 Å². The van der Waals surface area contributed by atoms with Gasteiger partial charge in [-0.05, 0) is 55.3 Å². The van der Waals surface area contributed by atoms with Gasteiger partial charge in [0.1, 0.15) is 6.42 Å². The van der Waals surface area contributed by atoms with E-state index in [9.17, 15) is 9.59 Å². The second kappa shape index (κ2) is 8.43. The Hall–Kier alpha value is -2.24. The summed E-state index contributed by atoms with van der Waals surface area (Å²) in [6.07, 6.45) is 2.13. The lowest BCUT2D eigenvalue weighted by molar-refractivity contribution is -0.123. The fraction of sp³-hybridized carbons (Fsp3) is 0.263. The van der Waals surface area contributed by atoms with Crippen molar-refractivity contribution in [3.63, 3.8) is 0 Å². The maximum absolute atomic E-state index is 12.1. The van der Waals surface area contributed by atoms with Crippen LogP contribution in [0.15, 0.2) is 42.5 Å². The summed E-state index contributed by atoms with van der Waals surface area (Å²) in [6, 6.07) is 12.4. The number of nitrogens with one attached hydrogen (secondary N) is 2. The molecule has 0 atom stereocenters. The lowest BCUT2D eigenvalue weighted by Gasteiger charge is -2.17. The van der Waals surface area contributed by atoms with E-state index in [1.54, 1.807) is 18.2 Å². The molecule has 1 fully saturated rings. The van der Waals surface area contributed by atoms with Crippen LogP contribution in [0.2, 0.25) is 10.0 Å². The van der Waals surface area contributed by atoms with Gasteiger partial charge >= 0.3 is 0 Å². The standard InChI is InChI=1S/C19H19Cl2N3O2/c20-13-9-14(21)11-16(10-13)23-19(26)12-18(25)22-15-3-5-17(6-4-15)24-7-1-2-8-24/h3-6,9-11H,1-2,7-8,12H2,(H,22,25)(H,23,26). The smallest absolute Gasteiger partial charge is 0.233 e. The van der Waals surface area contributed by atoms with Crippen molar-refractivity contribution < 1.29 is 9.59 Å². The van der Waals surface area contributed by atoms with Gasteiger partial charge in [0, 0.05) is 40.2 Å². The van der Waals surface area contributed by atoms with Crippen LogP contribution in [0.1, 0.15) is 19.3 Å². The normalized spacial score (nSPS) is 13.5. The van der Waals surface area contributed by atoms with Gasteiger partial charge in [0.05, 0.1) is 0 Å².